The highest BCUT2D eigenvalue weighted by Gasteiger charge is 2.27. The Morgan fingerprint density at radius 1 is 1.48 bits per heavy atom. The molecule has 1 N–H and O–H groups in total. The summed E-state index contributed by atoms with van der Waals surface area (Å²) in [5.41, 5.74) is 1.78. The van der Waals surface area contributed by atoms with E-state index in [4.69, 9.17) is 4.74 Å². The van der Waals surface area contributed by atoms with Gasteiger partial charge in [-0.05, 0) is 19.9 Å². The van der Waals surface area contributed by atoms with Gasteiger partial charge in [0.05, 0.1) is 25.4 Å². The van der Waals surface area contributed by atoms with E-state index in [1.54, 1.807) is 28.5 Å². The van der Waals surface area contributed by atoms with Crippen LogP contribution in [-0.2, 0) is 11.3 Å². The Bertz CT molecular complexity index is 690. The van der Waals surface area contributed by atoms with E-state index < -0.39 is 0 Å². The van der Waals surface area contributed by atoms with Crippen LogP contribution in [0.3, 0.4) is 0 Å². The van der Waals surface area contributed by atoms with Gasteiger partial charge in [0.2, 0.25) is 0 Å². The van der Waals surface area contributed by atoms with E-state index in [2.05, 4.69) is 20.3 Å². The van der Waals surface area contributed by atoms with Crippen LogP contribution in [0.25, 0.3) is 0 Å². The number of nitrogens with one attached hydrogen (secondary N) is 1. The lowest BCUT2D eigenvalue weighted by Gasteiger charge is -2.32. The summed E-state index contributed by atoms with van der Waals surface area (Å²) in [4.78, 5) is 26.9. The Balaban J connectivity index is 1.56. The monoisotopic (exact) mass is 333 g/mol. The fraction of sp³-hybridized carbons (Fsp3) is 0.467. The average molecular weight is 333 g/mol. The van der Waals surface area contributed by atoms with E-state index in [1.807, 2.05) is 19.2 Å². The normalized spacial score (nSPS) is 18.0. The number of carbonyl (C=O) groups is 1. The molecule has 7 nitrogen and oxygen atoms in total. The summed E-state index contributed by atoms with van der Waals surface area (Å²) in [6.07, 6.45) is 1.55. The van der Waals surface area contributed by atoms with Crippen molar-refractivity contribution in [2.24, 2.45) is 0 Å². The molecule has 0 unspecified atom stereocenters. The summed E-state index contributed by atoms with van der Waals surface area (Å²) in [6.45, 7) is 5.78. The molecule has 0 spiro atoms. The zero-order valence-electron chi connectivity index (χ0n) is 13.2. The highest BCUT2D eigenvalue weighted by molar-refractivity contribution is 7.09. The standard InChI is InChI=1S/C15H19N5O2S/c1-10-9-23-14(18-10)13-8-20(5-6-22-13)15(21)17-7-12-3-4-16-11(2)19-12/h3-4,9,13H,5-8H2,1-2H3,(H,17,21)/t13-/m1/s1. The number of urea groups is 1. The minimum atomic E-state index is -0.144. The molecule has 0 radical (unpaired) electrons. The second kappa shape index (κ2) is 7.01. The third-order valence-electron chi connectivity index (χ3n) is 3.52. The van der Waals surface area contributed by atoms with Crippen molar-refractivity contribution >= 4 is 17.4 Å². The van der Waals surface area contributed by atoms with Gasteiger partial charge in [-0.2, -0.15) is 0 Å². The van der Waals surface area contributed by atoms with Crippen LogP contribution in [0.15, 0.2) is 17.6 Å². The molecule has 0 aromatic carbocycles. The molecular weight excluding hydrogens is 314 g/mol. The highest BCUT2D eigenvalue weighted by atomic mass is 32.1. The van der Waals surface area contributed by atoms with Crippen LogP contribution in [-0.4, -0.2) is 45.6 Å². The van der Waals surface area contributed by atoms with E-state index >= 15 is 0 Å². The minimum Gasteiger partial charge on any atom is -0.367 e. The van der Waals surface area contributed by atoms with Crippen LogP contribution >= 0.6 is 11.3 Å². The van der Waals surface area contributed by atoms with Crippen LogP contribution in [0.1, 0.15) is 28.3 Å². The first kappa shape index (κ1) is 15.8. The Kier molecular flexibility index (Phi) is 4.82. The molecule has 3 rings (SSSR count). The number of aromatic nitrogens is 3. The lowest BCUT2D eigenvalue weighted by atomic mass is 10.3. The van der Waals surface area contributed by atoms with Crippen molar-refractivity contribution in [1.29, 1.82) is 0 Å². The van der Waals surface area contributed by atoms with E-state index in [1.165, 1.54) is 0 Å². The fourth-order valence-electron chi connectivity index (χ4n) is 2.38. The molecule has 0 saturated carbocycles. The van der Waals surface area contributed by atoms with Crippen LogP contribution in [0.5, 0.6) is 0 Å². The summed E-state index contributed by atoms with van der Waals surface area (Å²) < 4.78 is 5.74. The molecule has 1 aliphatic heterocycles. The fourth-order valence-corrected chi connectivity index (χ4v) is 3.22. The quantitative estimate of drug-likeness (QED) is 0.927. The van der Waals surface area contributed by atoms with Crippen LogP contribution in [0.2, 0.25) is 0 Å². The molecule has 0 bridgehead atoms. The topological polar surface area (TPSA) is 80.2 Å². The summed E-state index contributed by atoms with van der Waals surface area (Å²) in [6, 6.07) is 1.69. The maximum absolute atomic E-state index is 12.3. The SMILES string of the molecule is Cc1csc([C@H]2CN(C(=O)NCc3ccnc(C)n3)CCO2)n1. The molecule has 8 heteroatoms. The first-order valence-electron chi connectivity index (χ1n) is 7.47. The lowest BCUT2D eigenvalue weighted by molar-refractivity contribution is -0.0156. The third-order valence-corrected chi connectivity index (χ3v) is 4.57. The Morgan fingerprint density at radius 2 is 2.35 bits per heavy atom. The van der Waals surface area contributed by atoms with Gasteiger partial charge in [0, 0.05) is 23.8 Å². The Morgan fingerprint density at radius 3 is 3.09 bits per heavy atom. The van der Waals surface area contributed by atoms with Gasteiger partial charge in [-0.15, -0.1) is 11.3 Å². The molecule has 122 valence electrons. The molecule has 23 heavy (non-hydrogen) atoms. The molecule has 2 amide bonds. The van der Waals surface area contributed by atoms with Crippen LogP contribution < -0.4 is 5.32 Å². The summed E-state index contributed by atoms with van der Waals surface area (Å²) in [5.74, 6) is 0.697. The van der Waals surface area contributed by atoms with Gasteiger partial charge in [-0.1, -0.05) is 0 Å². The van der Waals surface area contributed by atoms with E-state index in [-0.39, 0.29) is 12.1 Å². The van der Waals surface area contributed by atoms with Gasteiger partial charge in [0.25, 0.3) is 0 Å². The number of nitrogens with zero attached hydrogens (tertiary/aromatic N) is 4. The second-order valence-electron chi connectivity index (χ2n) is 5.39. The predicted octanol–water partition coefficient (Wildman–Crippen LogP) is 1.83. The summed E-state index contributed by atoms with van der Waals surface area (Å²) in [7, 11) is 0. The van der Waals surface area contributed by atoms with Crippen molar-refractivity contribution in [2.45, 2.75) is 26.5 Å². The maximum atomic E-state index is 12.3. The van der Waals surface area contributed by atoms with Crippen LogP contribution in [0.4, 0.5) is 4.79 Å². The van der Waals surface area contributed by atoms with Crippen molar-refractivity contribution in [2.75, 3.05) is 19.7 Å². The lowest BCUT2D eigenvalue weighted by Crippen LogP contribution is -2.47. The average Bonchev–Trinajstić information content (AvgIpc) is 2.99. The zero-order chi connectivity index (χ0) is 16.2. The molecular formula is C15H19N5O2S. The van der Waals surface area contributed by atoms with Gasteiger partial charge in [0.15, 0.2) is 0 Å². The Hall–Kier alpha value is -2.06. The molecule has 3 heterocycles. The number of hydrogen-bond acceptors (Lipinski definition) is 6. The molecule has 1 atom stereocenters. The number of hydrogen-bond donors (Lipinski definition) is 1. The predicted molar refractivity (Wildman–Crippen MR) is 86.1 cm³/mol. The number of ether oxygens (including phenoxy) is 1. The van der Waals surface area contributed by atoms with Crippen molar-refractivity contribution in [3.05, 3.63) is 39.9 Å². The van der Waals surface area contributed by atoms with Gasteiger partial charge >= 0.3 is 6.03 Å². The minimum absolute atomic E-state index is 0.108. The molecule has 2 aromatic heterocycles. The summed E-state index contributed by atoms with van der Waals surface area (Å²) in [5, 5.41) is 5.82. The third kappa shape index (κ3) is 4.02. The number of morpholine rings is 1. The van der Waals surface area contributed by atoms with Gasteiger partial charge in [-0.3, -0.25) is 0 Å². The second-order valence-corrected chi connectivity index (χ2v) is 6.28. The van der Waals surface area contributed by atoms with Crippen LogP contribution in [0, 0.1) is 13.8 Å². The first-order valence-corrected chi connectivity index (χ1v) is 8.34. The highest BCUT2D eigenvalue weighted by Crippen LogP contribution is 2.25. The smallest absolute Gasteiger partial charge is 0.317 e. The first-order chi connectivity index (χ1) is 11.1. The molecule has 1 saturated heterocycles. The van der Waals surface area contributed by atoms with Crippen molar-refractivity contribution in [3.8, 4) is 0 Å². The van der Waals surface area contributed by atoms with Gasteiger partial charge < -0.3 is 15.0 Å². The summed E-state index contributed by atoms with van der Waals surface area (Å²) >= 11 is 1.57. The van der Waals surface area contributed by atoms with Crippen molar-refractivity contribution in [1.82, 2.24) is 25.2 Å². The van der Waals surface area contributed by atoms with E-state index in [9.17, 15) is 4.79 Å². The number of carbonyl (C=O) groups excluding carboxylic acids is 1. The molecule has 1 fully saturated rings. The number of aryl methyl sites for hydroxylation is 2. The van der Waals surface area contributed by atoms with Gasteiger partial charge in [0.1, 0.15) is 16.9 Å². The molecule has 1 aliphatic rings. The largest absolute Gasteiger partial charge is 0.367 e. The zero-order valence-corrected chi connectivity index (χ0v) is 14.0. The molecule has 2 aromatic rings. The number of thiazole rings is 1. The van der Waals surface area contributed by atoms with Gasteiger partial charge in [-0.25, -0.2) is 19.7 Å². The van der Waals surface area contributed by atoms with Crippen molar-refractivity contribution in [3.63, 3.8) is 0 Å². The Labute approximate surface area is 138 Å². The van der Waals surface area contributed by atoms with E-state index in [0.29, 0.717) is 32.1 Å². The maximum Gasteiger partial charge on any atom is 0.317 e. The van der Waals surface area contributed by atoms with E-state index in [0.717, 1.165) is 16.4 Å². The number of amides is 2. The molecule has 0 aliphatic carbocycles. The van der Waals surface area contributed by atoms with Crippen molar-refractivity contribution < 1.29 is 9.53 Å². The number of rotatable bonds is 3.